The molecule has 1 amide bonds. The third-order valence-electron chi connectivity index (χ3n) is 4.08. The number of carbonyl (C=O) groups is 1. The first kappa shape index (κ1) is 16.8. The Bertz CT molecular complexity index is 523. The van der Waals surface area contributed by atoms with Crippen LogP contribution in [-0.2, 0) is 11.3 Å². The minimum atomic E-state index is -1.45. The number of nitrogens with zero attached hydrogens (tertiary/aromatic N) is 2. The molecule has 1 N–H and O–H groups in total. The van der Waals surface area contributed by atoms with E-state index in [0.29, 0.717) is 38.0 Å². The maximum Gasteiger partial charge on any atom is 0.248 e. The summed E-state index contributed by atoms with van der Waals surface area (Å²) in [4.78, 5) is 15.0. The second-order valence-corrected chi connectivity index (χ2v) is 5.54. The van der Waals surface area contributed by atoms with Crippen molar-refractivity contribution in [2.24, 2.45) is 0 Å². The molecular formula is C15H19F3N2O2. The Kier molecular flexibility index (Phi) is 5.42. The van der Waals surface area contributed by atoms with Crippen molar-refractivity contribution in [1.82, 2.24) is 9.80 Å². The molecule has 1 heterocycles. The summed E-state index contributed by atoms with van der Waals surface area (Å²) in [5.41, 5.74) is 0.384. The van der Waals surface area contributed by atoms with Gasteiger partial charge in [-0.15, -0.1) is 0 Å². The molecule has 1 aliphatic heterocycles. The van der Waals surface area contributed by atoms with Crippen molar-refractivity contribution < 1.29 is 23.1 Å². The fourth-order valence-electron chi connectivity index (χ4n) is 2.74. The summed E-state index contributed by atoms with van der Waals surface area (Å²) in [6, 6.07) is 2.07. The first-order valence-electron chi connectivity index (χ1n) is 7.14. The molecule has 0 bridgehead atoms. The van der Waals surface area contributed by atoms with Gasteiger partial charge in [-0.05, 0) is 30.5 Å². The van der Waals surface area contributed by atoms with Crippen molar-refractivity contribution in [3.63, 3.8) is 0 Å². The zero-order chi connectivity index (χ0) is 16.3. The molecule has 2 rings (SSSR count). The average molecular weight is 316 g/mol. The summed E-state index contributed by atoms with van der Waals surface area (Å²) in [5, 5.41) is 8.85. The Morgan fingerprint density at radius 3 is 2.32 bits per heavy atom. The molecule has 0 aromatic heterocycles. The van der Waals surface area contributed by atoms with Gasteiger partial charge in [0.1, 0.15) is 6.61 Å². The molecule has 1 aromatic carbocycles. The first-order chi connectivity index (χ1) is 10.4. The van der Waals surface area contributed by atoms with Crippen LogP contribution in [0.4, 0.5) is 13.2 Å². The highest BCUT2D eigenvalue weighted by Crippen LogP contribution is 2.20. The molecule has 0 spiro atoms. The van der Waals surface area contributed by atoms with Gasteiger partial charge in [0.2, 0.25) is 5.91 Å². The van der Waals surface area contributed by atoms with Crippen LogP contribution in [0.2, 0.25) is 0 Å². The number of benzene rings is 1. The van der Waals surface area contributed by atoms with Crippen molar-refractivity contribution in [2.75, 3.05) is 26.7 Å². The van der Waals surface area contributed by atoms with E-state index in [4.69, 9.17) is 5.11 Å². The van der Waals surface area contributed by atoms with Gasteiger partial charge in [0.05, 0.1) is 0 Å². The second kappa shape index (κ2) is 7.11. The highest BCUT2D eigenvalue weighted by atomic mass is 19.2. The predicted octanol–water partition coefficient (Wildman–Crippen LogP) is 1.52. The zero-order valence-corrected chi connectivity index (χ0v) is 12.4. The van der Waals surface area contributed by atoms with Crippen LogP contribution in [0.15, 0.2) is 12.1 Å². The molecule has 1 saturated heterocycles. The molecule has 22 heavy (non-hydrogen) atoms. The van der Waals surface area contributed by atoms with E-state index in [1.807, 2.05) is 4.90 Å². The summed E-state index contributed by atoms with van der Waals surface area (Å²) in [7, 11) is 1.66. The molecule has 1 fully saturated rings. The van der Waals surface area contributed by atoms with Crippen molar-refractivity contribution in [3.8, 4) is 0 Å². The third-order valence-corrected chi connectivity index (χ3v) is 4.08. The number of amides is 1. The maximum absolute atomic E-state index is 13.2. The van der Waals surface area contributed by atoms with Gasteiger partial charge in [0, 0.05) is 32.7 Å². The summed E-state index contributed by atoms with van der Waals surface area (Å²) in [6.07, 6.45) is 1.43. The van der Waals surface area contributed by atoms with Crippen LogP contribution in [0, 0.1) is 17.5 Å². The Balaban J connectivity index is 1.91. The summed E-state index contributed by atoms with van der Waals surface area (Å²) < 4.78 is 39.3. The molecule has 0 radical (unpaired) electrons. The average Bonchev–Trinajstić information content (AvgIpc) is 2.51. The molecule has 1 aliphatic rings. The molecule has 0 atom stereocenters. The van der Waals surface area contributed by atoms with Gasteiger partial charge >= 0.3 is 0 Å². The smallest absolute Gasteiger partial charge is 0.248 e. The molecule has 122 valence electrons. The largest absolute Gasteiger partial charge is 0.387 e. The fourth-order valence-corrected chi connectivity index (χ4v) is 2.74. The standard InChI is InChI=1S/C15H19F3N2O2/c1-19(14(22)9-21)11-2-4-20(5-3-11)8-10-6-12(16)15(18)13(17)7-10/h6-7,11,21H,2-5,8-9H2,1H3. The van der Waals surface area contributed by atoms with E-state index in [9.17, 15) is 18.0 Å². The van der Waals surface area contributed by atoms with Gasteiger partial charge in [-0.3, -0.25) is 9.69 Å². The molecule has 1 aromatic rings. The Morgan fingerprint density at radius 2 is 1.82 bits per heavy atom. The summed E-state index contributed by atoms with van der Waals surface area (Å²) in [6.45, 7) is 1.14. The Labute approximate surface area is 127 Å². The van der Waals surface area contributed by atoms with E-state index in [0.717, 1.165) is 12.1 Å². The lowest BCUT2D eigenvalue weighted by atomic mass is 10.0. The van der Waals surface area contributed by atoms with Crippen molar-refractivity contribution >= 4 is 5.91 Å². The van der Waals surface area contributed by atoms with E-state index >= 15 is 0 Å². The van der Waals surface area contributed by atoms with Crippen LogP contribution in [0.5, 0.6) is 0 Å². The lowest BCUT2D eigenvalue weighted by Gasteiger charge is -2.36. The lowest BCUT2D eigenvalue weighted by molar-refractivity contribution is -0.135. The predicted molar refractivity (Wildman–Crippen MR) is 74.5 cm³/mol. The maximum atomic E-state index is 13.2. The number of carbonyl (C=O) groups excluding carboxylic acids is 1. The van der Waals surface area contributed by atoms with Crippen molar-refractivity contribution in [3.05, 3.63) is 35.1 Å². The van der Waals surface area contributed by atoms with E-state index in [1.54, 1.807) is 7.05 Å². The first-order valence-corrected chi connectivity index (χ1v) is 7.14. The molecule has 7 heteroatoms. The number of hydrogen-bond acceptors (Lipinski definition) is 3. The van der Waals surface area contributed by atoms with Gasteiger partial charge in [0.15, 0.2) is 17.5 Å². The van der Waals surface area contributed by atoms with Crippen LogP contribution in [0.1, 0.15) is 18.4 Å². The topological polar surface area (TPSA) is 43.8 Å². The van der Waals surface area contributed by atoms with Gasteiger partial charge in [-0.25, -0.2) is 13.2 Å². The van der Waals surface area contributed by atoms with E-state index < -0.39 is 24.1 Å². The Morgan fingerprint density at radius 1 is 1.27 bits per heavy atom. The van der Waals surface area contributed by atoms with Crippen molar-refractivity contribution in [1.29, 1.82) is 0 Å². The SMILES string of the molecule is CN(C(=O)CO)C1CCN(Cc2cc(F)c(F)c(F)c2)CC1. The van der Waals surface area contributed by atoms with Crippen LogP contribution in [0.25, 0.3) is 0 Å². The number of likely N-dealkylation sites (N-methyl/N-ethyl adjacent to an activating group) is 1. The molecular weight excluding hydrogens is 297 g/mol. The number of aliphatic hydroxyl groups excluding tert-OH is 1. The van der Waals surface area contributed by atoms with Crippen LogP contribution < -0.4 is 0 Å². The molecule has 0 aliphatic carbocycles. The number of piperidine rings is 1. The van der Waals surface area contributed by atoms with Gasteiger partial charge in [-0.2, -0.15) is 0 Å². The highest BCUT2D eigenvalue weighted by Gasteiger charge is 2.25. The third kappa shape index (κ3) is 3.78. The van der Waals surface area contributed by atoms with E-state index in [-0.39, 0.29) is 11.9 Å². The van der Waals surface area contributed by atoms with Crippen LogP contribution in [0.3, 0.4) is 0 Å². The van der Waals surface area contributed by atoms with Crippen LogP contribution in [-0.4, -0.2) is 53.6 Å². The van der Waals surface area contributed by atoms with E-state index in [1.165, 1.54) is 4.90 Å². The van der Waals surface area contributed by atoms with Gasteiger partial charge in [-0.1, -0.05) is 0 Å². The number of likely N-dealkylation sites (tertiary alicyclic amines) is 1. The molecule has 0 saturated carbocycles. The molecule has 4 nitrogen and oxygen atoms in total. The van der Waals surface area contributed by atoms with Gasteiger partial charge in [0.25, 0.3) is 0 Å². The zero-order valence-electron chi connectivity index (χ0n) is 12.4. The van der Waals surface area contributed by atoms with Crippen molar-refractivity contribution in [2.45, 2.75) is 25.4 Å². The number of rotatable bonds is 4. The lowest BCUT2D eigenvalue weighted by Crippen LogP contribution is -2.46. The van der Waals surface area contributed by atoms with E-state index in [2.05, 4.69) is 0 Å². The summed E-state index contributed by atoms with van der Waals surface area (Å²) >= 11 is 0. The molecule has 0 unspecified atom stereocenters. The second-order valence-electron chi connectivity index (χ2n) is 5.54. The number of halogens is 3. The highest BCUT2D eigenvalue weighted by molar-refractivity contribution is 5.77. The normalized spacial score (nSPS) is 16.8. The fraction of sp³-hybridized carbons (Fsp3) is 0.533. The quantitative estimate of drug-likeness (QED) is 0.857. The van der Waals surface area contributed by atoms with Gasteiger partial charge < -0.3 is 10.0 Å². The monoisotopic (exact) mass is 316 g/mol. The number of hydrogen-bond donors (Lipinski definition) is 1. The minimum absolute atomic E-state index is 0.0533. The van der Waals surface area contributed by atoms with Crippen LogP contribution >= 0.6 is 0 Å². The number of aliphatic hydroxyl groups is 1. The Hall–Kier alpha value is -1.60. The minimum Gasteiger partial charge on any atom is -0.387 e. The summed E-state index contributed by atoms with van der Waals surface area (Å²) in [5.74, 6) is -4.14.